The Morgan fingerprint density at radius 1 is 1.40 bits per heavy atom. The van der Waals surface area contributed by atoms with E-state index < -0.39 is 0 Å². The van der Waals surface area contributed by atoms with Crippen LogP contribution in [0.4, 0.5) is 0 Å². The van der Waals surface area contributed by atoms with Gasteiger partial charge in [-0.2, -0.15) is 0 Å². The smallest absolute Gasteiger partial charge is 0.169 e. The molecule has 2 rings (SSSR count). The third-order valence-electron chi connectivity index (χ3n) is 3.79. The first-order valence-corrected chi connectivity index (χ1v) is 5.72. The molecular weight excluding hydrogens is 192 g/mol. The predicted octanol–water partition coefficient (Wildman–Crippen LogP) is 1.57. The molecule has 15 heavy (non-hydrogen) atoms. The van der Waals surface area contributed by atoms with Crippen LogP contribution in [0.25, 0.3) is 0 Å². The van der Waals surface area contributed by atoms with E-state index in [1.807, 2.05) is 6.08 Å². The summed E-state index contributed by atoms with van der Waals surface area (Å²) in [5.41, 5.74) is 0. The number of hydrogen-bond donors (Lipinski definition) is 1. The van der Waals surface area contributed by atoms with Crippen molar-refractivity contribution >= 4 is 0 Å². The molecule has 3 heteroatoms. The Bertz CT molecular complexity index is 233. The highest BCUT2D eigenvalue weighted by atomic mass is 16.7. The van der Waals surface area contributed by atoms with Crippen LogP contribution in [0.1, 0.15) is 19.8 Å². The molecule has 3 nitrogen and oxygen atoms in total. The minimum atomic E-state index is -0.385. The minimum Gasteiger partial charge on any atom is -0.396 e. The number of hydrogen-bond acceptors (Lipinski definition) is 3. The van der Waals surface area contributed by atoms with Gasteiger partial charge in [-0.15, -0.1) is 6.58 Å². The van der Waals surface area contributed by atoms with Crippen molar-refractivity contribution in [2.24, 2.45) is 17.8 Å². The molecule has 1 heterocycles. The third kappa shape index (κ3) is 1.96. The lowest BCUT2D eigenvalue weighted by atomic mass is 9.70. The fourth-order valence-electron chi connectivity index (χ4n) is 2.96. The van der Waals surface area contributed by atoms with Gasteiger partial charge in [-0.05, 0) is 17.8 Å². The van der Waals surface area contributed by atoms with Crippen LogP contribution in [0.3, 0.4) is 0 Å². The summed E-state index contributed by atoms with van der Waals surface area (Å²) >= 11 is 0. The molecule has 3 atom stereocenters. The molecule has 0 bridgehead atoms. The maximum atomic E-state index is 9.36. The largest absolute Gasteiger partial charge is 0.396 e. The second kappa shape index (κ2) is 4.24. The molecule has 0 amide bonds. The van der Waals surface area contributed by atoms with Gasteiger partial charge in [0.1, 0.15) is 0 Å². The molecule has 1 saturated carbocycles. The van der Waals surface area contributed by atoms with Crippen molar-refractivity contribution in [3.63, 3.8) is 0 Å². The van der Waals surface area contributed by atoms with Gasteiger partial charge < -0.3 is 14.6 Å². The van der Waals surface area contributed by atoms with E-state index in [4.69, 9.17) is 9.47 Å². The van der Waals surface area contributed by atoms with Gasteiger partial charge >= 0.3 is 0 Å². The van der Waals surface area contributed by atoms with Crippen LogP contribution in [0.5, 0.6) is 0 Å². The predicted molar refractivity (Wildman–Crippen MR) is 57.3 cm³/mol. The molecule has 1 saturated heterocycles. The van der Waals surface area contributed by atoms with E-state index >= 15 is 0 Å². The second-order valence-electron chi connectivity index (χ2n) is 4.74. The van der Waals surface area contributed by atoms with Crippen molar-refractivity contribution < 1.29 is 14.6 Å². The van der Waals surface area contributed by atoms with E-state index in [0.29, 0.717) is 31.0 Å². The van der Waals surface area contributed by atoms with Crippen LogP contribution < -0.4 is 0 Å². The lowest BCUT2D eigenvalue weighted by Gasteiger charge is -2.43. The monoisotopic (exact) mass is 212 g/mol. The fourth-order valence-corrected chi connectivity index (χ4v) is 2.96. The van der Waals surface area contributed by atoms with Gasteiger partial charge in [-0.25, -0.2) is 0 Å². The molecule has 86 valence electrons. The molecular formula is C12H20O3. The summed E-state index contributed by atoms with van der Waals surface area (Å²) in [4.78, 5) is 0. The normalized spacial score (nSPS) is 39.5. The zero-order valence-corrected chi connectivity index (χ0v) is 9.32. The van der Waals surface area contributed by atoms with Crippen LogP contribution in [-0.4, -0.2) is 30.7 Å². The Morgan fingerprint density at radius 2 is 2.07 bits per heavy atom. The highest BCUT2D eigenvalue weighted by Crippen LogP contribution is 2.44. The van der Waals surface area contributed by atoms with Crippen LogP contribution in [-0.2, 0) is 9.47 Å². The van der Waals surface area contributed by atoms with E-state index in [0.717, 1.165) is 12.8 Å². The summed E-state index contributed by atoms with van der Waals surface area (Å²) in [6, 6.07) is 0. The van der Waals surface area contributed by atoms with Crippen molar-refractivity contribution in [3.8, 4) is 0 Å². The fraction of sp³-hybridized carbons (Fsp3) is 0.833. The lowest BCUT2D eigenvalue weighted by Crippen LogP contribution is -2.44. The topological polar surface area (TPSA) is 38.7 Å². The first kappa shape index (κ1) is 11.1. The SMILES string of the molecule is C=C[C@@H]1CC2(C[C@H](C)[C@H]1CO)OCCO2. The summed E-state index contributed by atoms with van der Waals surface area (Å²) in [6.07, 6.45) is 3.66. The molecule has 1 spiro atoms. The van der Waals surface area contributed by atoms with Gasteiger partial charge in [-0.1, -0.05) is 13.0 Å². The average Bonchev–Trinajstić information content (AvgIpc) is 2.65. The Balaban J connectivity index is 2.12. The zero-order chi connectivity index (χ0) is 10.9. The number of aliphatic hydroxyl groups is 1. The van der Waals surface area contributed by atoms with E-state index in [-0.39, 0.29) is 12.4 Å². The molecule has 1 N–H and O–H groups in total. The molecule has 0 aromatic carbocycles. The van der Waals surface area contributed by atoms with Crippen molar-refractivity contribution in [3.05, 3.63) is 12.7 Å². The van der Waals surface area contributed by atoms with Gasteiger partial charge in [0.15, 0.2) is 5.79 Å². The molecule has 2 fully saturated rings. The zero-order valence-electron chi connectivity index (χ0n) is 9.32. The highest BCUT2D eigenvalue weighted by molar-refractivity contribution is 4.97. The van der Waals surface area contributed by atoms with Gasteiger partial charge in [0.2, 0.25) is 0 Å². The first-order chi connectivity index (χ1) is 7.21. The van der Waals surface area contributed by atoms with Crippen LogP contribution in [0, 0.1) is 17.8 Å². The summed E-state index contributed by atoms with van der Waals surface area (Å²) < 4.78 is 11.5. The summed E-state index contributed by atoms with van der Waals surface area (Å²) in [5.74, 6) is 0.645. The maximum absolute atomic E-state index is 9.36. The number of ether oxygens (including phenoxy) is 2. The number of aliphatic hydroxyl groups excluding tert-OH is 1. The van der Waals surface area contributed by atoms with Gasteiger partial charge in [0.05, 0.1) is 13.2 Å². The number of allylic oxidation sites excluding steroid dienone is 1. The van der Waals surface area contributed by atoms with Crippen LogP contribution >= 0.6 is 0 Å². The standard InChI is InChI=1S/C12H20O3/c1-3-10-7-12(14-4-5-15-12)6-9(2)11(10)8-13/h3,9-11,13H,1,4-8H2,2H3/t9-,10+,11+/m0/s1. The molecule has 1 aliphatic carbocycles. The molecule has 0 aromatic rings. The highest BCUT2D eigenvalue weighted by Gasteiger charge is 2.47. The molecule has 0 radical (unpaired) electrons. The Hall–Kier alpha value is -0.380. The molecule has 0 unspecified atom stereocenters. The minimum absolute atomic E-state index is 0.230. The third-order valence-corrected chi connectivity index (χ3v) is 3.79. The van der Waals surface area contributed by atoms with Gasteiger partial charge in [0, 0.05) is 19.4 Å². The summed E-state index contributed by atoms with van der Waals surface area (Å²) in [5, 5.41) is 9.36. The summed E-state index contributed by atoms with van der Waals surface area (Å²) in [7, 11) is 0. The first-order valence-electron chi connectivity index (χ1n) is 5.72. The maximum Gasteiger partial charge on any atom is 0.169 e. The van der Waals surface area contributed by atoms with Crippen molar-refractivity contribution in [2.75, 3.05) is 19.8 Å². The van der Waals surface area contributed by atoms with Gasteiger partial charge in [-0.3, -0.25) is 0 Å². The van der Waals surface area contributed by atoms with Crippen molar-refractivity contribution in [2.45, 2.75) is 25.6 Å². The van der Waals surface area contributed by atoms with E-state index in [9.17, 15) is 5.11 Å². The van der Waals surface area contributed by atoms with Crippen LogP contribution in [0.2, 0.25) is 0 Å². The Labute approximate surface area is 91.1 Å². The van der Waals surface area contributed by atoms with E-state index in [2.05, 4.69) is 13.5 Å². The molecule has 1 aliphatic heterocycles. The Kier molecular flexibility index (Phi) is 3.14. The van der Waals surface area contributed by atoms with Crippen molar-refractivity contribution in [1.82, 2.24) is 0 Å². The average molecular weight is 212 g/mol. The van der Waals surface area contributed by atoms with Crippen LogP contribution in [0.15, 0.2) is 12.7 Å². The Morgan fingerprint density at radius 3 is 2.60 bits per heavy atom. The van der Waals surface area contributed by atoms with Crippen molar-refractivity contribution in [1.29, 1.82) is 0 Å². The summed E-state index contributed by atoms with van der Waals surface area (Å²) in [6.45, 7) is 7.63. The second-order valence-corrected chi connectivity index (χ2v) is 4.74. The lowest BCUT2D eigenvalue weighted by molar-refractivity contribution is -0.204. The quantitative estimate of drug-likeness (QED) is 0.706. The molecule has 2 aliphatic rings. The van der Waals surface area contributed by atoms with E-state index in [1.54, 1.807) is 0 Å². The van der Waals surface area contributed by atoms with Gasteiger partial charge in [0.25, 0.3) is 0 Å². The van der Waals surface area contributed by atoms with E-state index in [1.165, 1.54) is 0 Å². The molecule has 0 aromatic heterocycles. The number of rotatable bonds is 2.